The van der Waals surface area contributed by atoms with Crippen LogP contribution in [0.25, 0.3) is 5.69 Å². The van der Waals surface area contributed by atoms with Gasteiger partial charge in [0, 0.05) is 10.6 Å². The lowest BCUT2D eigenvalue weighted by atomic mass is 10.3. The maximum atomic E-state index is 13.8. The van der Waals surface area contributed by atoms with E-state index in [1.54, 1.807) is 10.7 Å². The van der Waals surface area contributed by atoms with Crippen molar-refractivity contribution in [3.05, 3.63) is 60.2 Å². The Bertz CT molecular complexity index is 760. The monoisotopic (exact) mass is 315 g/mol. The minimum Gasteiger partial charge on any atom is -0.378 e. The van der Waals surface area contributed by atoms with Gasteiger partial charge in [0.25, 0.3) is 0 Å². The molecule has 0 saturated carbocycles. The summed E-state index contributed by atoms with van der Waals surface area (Å²) in [7, 11) is 0. The highest BCUT2D eigenvalue weighted by Crippen LogP contribution is 2.22. The Balaban J connectivity index is 1.75. The fourth-order valence-electron chi connectivity index (χ4n) is 2.04. The highest BCUT2D eigenvalue weighted by atomic mass is 32.2. The van der Waals surface area contributed by atoms with Crippen molar-refractivity contribution >= 4 is 17.4 Å². The number of para-hydroxylation sites is 1. The van der Waals surface area contributed by atoms with Crippen molar-refractivity contribution in [2.75, 3.05) is 11.6 Å². The summed E-state index contributed by atoms with van der Waals surface area (Å²) in [5.41, 5.74) is 1.58. The van der Waals surface area contributed by atoms with Gasteiger partial charge in [0.2, 0.25) is 0 Å². The molecule has 0 aliphatic carbocycles. The predicted molar refractivity (Wildman–Crippen MR) is 84.7 cm³/mol. The number of nitrogens with one attached hydrogen (secondary N) is 1. The number of halogens is 1. The van der Waals surface area contributed by atoms with Gasteiger partial charge in [0.15, 0.2) is 5.82 Å². The molecule has 2 aromatic carbocycles. The molecule has 0 saturated heterocycles. The van der Waals surface area contributed by atoms with Gasteiger partial charge >= 0.3 is 0 Å². The van der Waals surface area contributed by atoms with E-state index in [1.807, 2.05) is 42.7 Å². The Kier molecular flexibility index (Phi) is 4.34. The largest absolute Gasteiger partial charge is 0.378 e. The van der Waals surface area contributed by atoms with Crippen LogP contribution in [0.4, 0.5) is 10.1 Å². The first-order chi connectivity index (χ1) is 10.8. The van der Waals surface area contributed by atoms with Crippen LogP contribution in [0.2, 0.25) is 0 Å². The lowest BCUT2D eigenvalue weighted by Gasteiger charge is -2.08. The average Bonchev–Trinajstić information content (AvgIpc) is 3.02. The van der Waals surface area contributed by atoms with E-state index in [-0.39, 0.29) is 5.82 Å². The van der Waals surface area contributed by atoms with E-state index in [1.165, 1.54) is 17.8 Å². The Morgan fingerprint density at radius 2 is 2.00 bits per heavy atom. The van der Waals surface area contributed by atoms with Crippen molar-refractivity contribution in [2.24, 2.45) is 0 Å². The standard InChI is InChI=1S/C15H14FN5S/c1-22-14-8-7-11(9-13(14)16)17-10-15-18-19-20-21(15)12-5-3-2-4-6-12/h2-9,17H,10H2,1H3. The van der Waals surface area contributed by atoms with Gasteiger partial charge in [-0.25, -0.2) is 4.39 Å². The SMILES string of the molecule is CSc1ccc(NCc2nnnn2-c2ccccc2)cc1F. The highest BCUT2D eigenvalue weighted by molar-refractivity contribution is 7.98. The van der Waals surface area contributed by atoms with Gasteiger partial charge < -0.3 is 5.32 Å². The fraction of sp³-hybridized carbons (Fsp3) is 0.133. The molecule has 0 unspecified atom stereocenters. The molecule has 22 heavy (non-hydrogen) atoms. The number of nitrogens with zero attached hydrogens (tertiary/aromatic N) is 4. The van der Waals surface area contributed by atoms with Crippen molar-refractivity contribution in [1.82, 2.24) is 20.2 Å². The van der Waals surface area contributed by atoms with Crippen molar-refractivity contribution < 1.29 is 4.39 Å². The summed E-state index contributed by atoms with van der Waals surface area (Å²) in [5, 5.41) is 14.8. The molecule has 1 heterocycles. The summed E-state index contributed by atoms with van der Waals surface area (Å²) in [4.78, 5) is 0.625. The van der Waals surface area contributed by atoms with Gasteiger partial charge in [0.1, 0.15) is 5.82 Å². The molecule has 0 aliphatic heterocycles. The van der Waals surface area contributed by atoms with Crippen LogP contribution < -0.4 is 5.32 Å². The van der Waals surface area contributed by atoms with Crippen molar-refractivity contribution in [2.45, 2.75) is 11.4 Å². The molecule has 0 atom stereocenters. The van der Waals surface area contributed by atoms with E-state index >= 15 is 0 Å². The number of anilines is 1. The molecule has 0 bridgehead atoms. The molecule has 3 rings (SSSR count). The Hall–Kier alpha value is -2.41. The topological polar surface area (TPSA) is 55.6 Å². The van der Waals surface area contributed by atoms with Gasteiger partial charge in [-0.15, -0.1) is 16.9 Å². The van der Waals surface area contributed by atoms with E-state index in [9.17, 15) is 4.39 Å². The molecule has 5 nitrogen and oxygen atoms in total. The zero-order chi connectivity index (χ0) is 15.4. The van der Waals surface area contributed by atoms with Gasteiger partial charge in [-0.05, 0) is 47.0 Å². The zero-order valence-corrected chi connectivity index (χ0v) is 12.7. The third kappa shape index (κ3) is 3.09. The molecule has 3 aromatic rings. The Morgan fingerprint density at radius 3 is 2.73 bits per heavy atom. The Labute approximate surface area is 131 Å². The molecule has 0 radical (unpaired) electrons. The lowest BCUT2D eigenvalue weighted by molar-refractivity contribution is 0.602. The van der Waals surface area contributed by atoms with Crippen LogP contribution >= 0.6 is 11.8 Å². The Morgan fingerprint density at radius 1 is 1.18 bits per heavy atom. The van der Waals surface area contributed by atoms with Gasteiger partial charge in [-0.3, -0.25) is 0 Å². The number of thioether (sulfide) groups is 1. The van der Waals surface area contributed by atoms with Crippen molar-refractivity contribution in [3.8, 4) is 5.69 Å². The first-order valence-electron chi connectivity index (χ1n) is 6.68. The van der Waals surface area contributed by atoms with Crippen LogP contribution in [0.1, 0.15) is 5.82 Å². The first kappa shape index (κ1) is 14.5. The second-order valence-corrected chi connectivity index (χ2v) is 5.39. The summed E-state index contributed by atoms with van der Waals surface area (Å²) in [6, 6.07) is 14.7. The summed E-state index contributed by atoms with van der Waals surface area (Å²) in [6.45, 7) is 0.403. The molecule has 0 amide bonds. The number of aromatic nitrogens is 4. The van der Waals surface area contributed by atoms with Crippen LogP contribution in [-0.2, 0) is 6.54 Å². The number of benzene rings is 2. The molecule has 1 aromatic heterocycles. The second kappa shape index (κ2) is 6.57. The summed E-state index contributed by atoms with van der Waals surface area (Å²) in [6.07, 6.45) is 1.85. The number of hydrogen-bond acceptors (Lipinski definition) is 5. The summed E-state index contributed by atoms with van der Waals surface area (Å²) < 4.78 is 15.4. The van der Waals surface area contributed by atoms with E-state index in [2.05, 4.69) is 20.8 Å². The minimum absolute atomic E-state index is 0.236. The quantitative estimate of drug-likeness (QED) is 0.733. The van der Waals surface area contributed by atoms with E-state index in [0.29, 0.717) is 23.0 Å². The average molecular weight is 315 g/mol. The van der Waals surface area contributed by atoms with Crippen molar-refractivity contribution in [1.29, 1.82) is 0 Å². The number of hydrogen-bond donors (Lipinski definition) is 1. The van der Waals surface area contributed by atoms with Gasteiger partial charge in [-0.1, -0.05) is 18.2 Å². The van der Waals surface area contributed by atoms with Crippen LogP contribution in [0.3, 0.4) is 0 Å². The summed E-state index contributed by atoms with van der Waals surface area (Å²) >= 11 is 1.38. The predicted octanol–water partition coefficient (Wildman–Crippen LogP) is 3.14. The van der Waals surface area contributed by atoms with E-state index in [4.69, 9.17) is 0 Å². The van der Waals surface area contributed by atoms with Gasteiger partial charge in [-0.2, -0.15) is 4.68 Å². The molecular weight excluding hydrogens is 301 g/mol. The zero-order valence-electron chi connectivity index (χ0n) is 11.9. The lowest BCUT2D eigenvalue weighted by Crippen LogP contribution is -2.08. The number of rotatable bonds is 5. The molecule has 0 fully saturated rings. The molecule has 0 spiro atoms. The van der Waals surface area contributed by atoms with Crippen LogP contribution in [0, 0.1) is 5.82 Å². The molecular formula is C15H14FN5S. The van der Waals surface area contributed by atoms with Crippen molar-refractivity contribution in [3.63, 3.8) is 0 Å². The maximum absolute atomic E-state index is 13.8. The maximum Gasteiger partial charge on any atom is 0.175 e. The third-order valence-corrected chi connectivity index (χ3v) is 3.91. The van der Waals surface area contributed by atoms with Crippen LogP contribution in [0.15, 0.2) is 53.4 Å². The fourth-order valence-corrected chi connectivity index (χ4v) is 2.50. The van der Waals surface area contributed by atoms with Gasteiger partial charge in [0.05, 0.1) is 12.2 Å². The molecule has 7 heteroatoms. The normalized spacial score (nSPS) is 10.6. The van der Waals surface area contributed by atoms with E-state index < -0.39 is 0 Å². The van der Waals surface area contributed by atoms with Crippen LogP contribution in [-0.4, -0.2) is 26.5 Å². The second-order valence-electron chi connectivity index (χ2n) is 4.55. The van der Waals surface area contributed by atoms with E-state index in [0.717, 1.165) is 5.69 Å². The third-order valence-electron chi connectivity index (χ3n) is 3.14. The van der Waals surface area contributed by atoms with Crippen LogP contribution in [0.5, 0.6) is 0 Å². The smallest absolute Gasteiger partial charge is 0.175 e. The molecule has 0 aliphatic rings. The first-order valence-corrected chi connectivity index (χ1v) is 7.90. The minimum atomic E-state index is -0.236. The molecule has 1 N–H and O–H groups in total. The molecule has 112 valence electrons. The highest BCUT2D eigenvalue weighted by Gasteiger charge is 2.08. The summed E-state index contributed by atoms with van der Waals surface area (Å²) in [5.74, 6) is 0.417. The number of tetrazole rings is 1.